The fourth-order valence-electron chi connectivity index (χ4n) is 0.773. The lowest BCUT2D eigenvalue weighted by molar-refractivity contribution is -0.137. The second-order valence-electron chi connectivity index (χ2n) is 2.44. The molecule has 0 aromatic carbocycles. The number of nitrogens with one attached hydrogen (secondary N) is 1. The number of carboxylic acids is 1. The zero-order valence-electron chi connectivity index (χ0n) is 6.75. The lowest BCUT2D eigenvalue weighted by Crippen LogP contribution is -2.17. The van der Waals surface area contributed by atoms with Crippen molar-refractivity contribution in [3.05, 3.63) is 0 Å². The number of thiol groups is 1. The summed E-state index contributed by atoms with van der Waals surface area (Å²) in [6.45, 7) is 0.780. The van der Waals surface area contributed by atoms with Crippen molar-refractivity contribution in [1.82, 2.24) is 5.32 Å². The SMILES string of the molecule is O=C(O)CCCCCNC(=S)S. The van der Waals surface area contributed by atoms with Crippen molar-refractivity contribution in [2.24, 2.45) is 0 Å². The van der Waals surface area contributed by atoms with Gasteiger partial charge >= 0.3 is 5.97 Å². The Labute approximate surface area is 82.9 Å². The Hall–Kier alpha value is -0.290. The summed E-state index contributed by atoms with van der Waals surface area (Å²) in [5.41, 5.74) is 0. The molecule has 0 atom stereocenters. The summed E-state index contributed by atoms with van der Waals surface area (Å²) in [4.78, 5) is 10.1. The highest BCUT2D eigenvalue weighted by Crippen LogP contribution is 1.98. The first-order chi connectivity index (χ1) is 5.63. The number of carbonyl (C=O) groups is 1. The van der Waals surface area contributed by atoms with Gasteiger partial charge in [-0.15, -0.1) is 12.6 Å². The van der Waals surface area contributed by atoms with Gasteiger partial charge in [0.05, 0.1) is 0 Å². The van der Waals surface area contributed by atoms with Gasteiger partial charge in [0.2, 0.25) is 0 Å². The molecular formula is C7H13NO2S2. The largest absolute Gasteiger partial charge is 0.481 e. The van der Waals surface area contributed by atoms with E-state index in [0.29, 0.717) is 4.32 Å². The molecule has 0 saturated carbocycles. The van der Waals surface area contributed by atoms with Crippen LogP contribution in [0, 0.1) is 0 Å². The number of hydrogen-bond donors (Lipinski definition) is 3. The van der Waals surface area contributed by atoms with Crippen LogP contribution in [0.5, 0.6) is 0 Å². The van der Waals surface area contributed by atoms with E-state index in [9.17, 15) is 4.79 Å². The normalized spacial score (nSPS) is 9.42. The number of hydrogen-bond acceptors (Lipinski definition) is 2. The molecule has 12 heavy (non-hydrogen) atoms. The monoisotopic (exact) mass is 207 g/mol. The highest BCUT2D eigenvalue weighted by Gasteiger charge is 1.95. The van der Waals surface area contributed by atoms with E-state index in [-0.39, 0.29) is 6.42 Å². The van der Waals surface area contributed by atoms with Crippen LogP contribution in [0.2, 0.25) is 0 Å². The maximum atomic E-state index is 10.1. The van der Waals surface area contributed by atoms with Crippen LogP contribution in [-0.2, 0) is 4.79 Å². The third-order valence-corrected chi connectivity index (χ3v) is 1.65. The fraction of sp³-hybridized carbons (Fsp3) is 0.714. The number of carboxylic acid groups (broad SMARTS) is 1. The summed E-state index contributed by atoms with van der Waals surface area (Å²) in [5.74, 6) is -0.729. The van der Waals surface area contributed by atoms with Gasteiger partial charge in [-0.05, 0) is 12.8 Å². The van der Waals surface area contributed by atoms with Crippen LogP contribution in [-0.4, -0.2) is 21.9 Å². The minimum atomic E-state index is -0.729. The van der Waals surface area contributed by atoms with Crippen LogP contribution in [0.15, 0.2) is 0 Å². The maximum absolute atomic E-state index is 10.1. The van der Waals surface area contributed by atoms with Crippen molar-refractivity contribution in [1.29, 1.82) is 0 Å². The minimum absolute atomic E-state index is 0.255. The Morgan fingerprint density at radius 2 is 2.08 bits per heavy atom. The number of aliphatic carboxylic acids is 1. The standard InChI is InChI=1S/C7H13NO2S2/c9-6(10)4-2-1-3-5-8-7(11)12/h1-5H2,(H,9,10)(H2,8,11,12). The smallest absolute Gasteiger partial charge is 0.303 e. The van der Waals surface area contributed by atoms with E-state index in [1.165, 1.54) is 0 Å². The first-order valence-corrected chi connectivity index (χ1v) is 4.67. The molecule has 0 aromatic rings. The molecule has 0 aliphatic carbocycles. The molecule has 0 aliphatic rings. The van der Waals surface area contributed by atoms with Gasteiger partial charge in [-0.2, -0.15) is 0 Å². The third kappa shape index (κ3) is 9.71. The molecule has 0 amide bonds. The fourth-order valence-corrected chi connectivity index (χ4v) is 0.987. The van der Waals surface area contributed by atoms with Gasteiger partial charge in [-0.1, -0.05) is 18.6 Å². The van der Waals surface area contributed by atoms with Crippen molar-refractivity contribution in [2.45, 2.75) is 25.7 Å². The van der Waals surface area contributed by atoms with Gasteiger partial charge in [-0.25, -0.2) is 0 Å². The Kier molecular flexibility index (Phi) is 7.19. The Morgan fingerprint density at radius 1 is 1.42 bits per heavy atom. The van der Waals surface area contributed by atoms with Gasteiger partial charge in [0.25, 0.3) is 0 Å². The second kappa shape index (κ2) is 7.36. The molecule has 0 aliphatic heterocycles. The Bertz CT molecular complexity index is 143. The highest BCUT2D eigenvalue weighted by atomic mass is 32.1. The van der Waals surface area contributed by atoms with Crippen molar-refractivity contribution < 1.29 is 9.90 Å². The lowest BCUT2D eigenvalue weighted by Gasteiger charge is -2.01. The first kappa shape index (κ1) is 11.7. The summed E-state index contributed by atoms with van der Waals surface area (Å²) in [5, 5.41) is 11.2. The number of unbranched alkanes of at least 4 members (excludes halogenated alkanes) is 2. The predicted octanol–water partition coefficient (Wildman–Crippen LogP) is 1.44. The molecule has 0 radical (unpaired) electrons. The molecule has 0 saturated heterocycles. The average Bonchev–Trinajstić information content (AvgIpc) is 1.95. The van der Waals surface area contributed by atoms with E-state index in [2.05, 4.69) is 30.2 Å². The molecule has 0 spiro atoms. The molecule has 0 rings (SSSR count). The summed E-state index contributed by atoms with van der Waals surface area (Å²) in [7, 11) is 0. The average molecular weight is 207 g/mol. The van der Waals surface area contributed by atoms with Gasteiger partial charge in [-0.3, -0.25) is 4.79 Å². The zero-order chi connectivity index (χ0) is 9.40. The molecule has 2 N–H and O–H groups in total. The van der Waals surface area contributed by atoms with Gasteiger partial charge in [0.15, 0.2) is 0 Å². The summed E-state index contributed by atoms with van der Waals surface area (Å²) in [6.07, 6.45) is 2.84. The second-order valence-corrected chi connectivity index (χ2v) is 3.59. The molecule has 0 heterocycles. The van der Waals surface area contributed by atoms with Gasteiger partial charge in [0.1, 0.15) is 4.32 Å². The number of thiocarbonyl (C=S) groups is 1. The minimum Gasteiger partial charge on any atom is -0.481 e. The molecular weight excluding hydrogens is 194 g/mol. The predicted molar refractivity (Wildman–Crippen MR) is 55.7 cm³/mol. The van der Waals surface area contributed by atoms with Gasteiger partial charge in [0, 0.05) is 13.0 Å². The molecule has 0 bridgehead atoms. The van der Waals surface area contributed by atoms with Gasteiger partial charge < -0.3 is 10.4 Å². The first-order valence-electron chi connectivity index (χ1n) is 3.81. The van der Waals surface area contributed by atoms with E-state index < -0.39 is 5.97 Å². The quantitative estimate of drug-likeness (QED) is 0.350. The van der Waals surface area contributed by atoms with Crippen LogP contribution in [0.1, 0.15) is 25.7 Å². The van der Waals surface area contributed by atoms with Crippen LogP contribution < -0.4 is 5.32 Å². The van der Waals surface area contributed by atoms with Crippen LogP contribution in [0.25, 0.3) is 0 Å². The van der Waals surface area contributed by atoms with Crippen molar-refractivity contribution in [2.75, 3.05) is 6.54 Å². The summed E-state index contributed by atoms with van der Waals surface area (Å²) >= 11 is 8.56. The van der Waals surface area contributed by atoms with E-state index in [1.807, 2.05) is 0 Å². The van der Waals surface area contributed by atoms with E-state index in [1.54, 1.807) is 0 Å². The Morgan fingerprint density at radius 3 is 2.58 bits per heavy atom. The molecule has 70 valence electrons. The van der Waals surface area contributed by atoms with E-state index in [4.69, 9.17) is 5.11 Å². The molecule has 0 unspecified atom stereocenters. The summed E-state index contributed by atoms with van der Waals surface area (Å²) in [6, 6.07) is 0. The number of rotatable bonds is 6. The van der Waals surface area contributed by atoms with Crippen LogP contribution in [0.3, 0.4) is 0 Å². The molecule has 5 heteroatoms. The van der Waals surface area contributed by atoms with E-state index >= 15 is 0 Å². The Balaban J connectivity index is 3.01. The van der Waals surface area contributed by atoms with Crippen LogP contribution in [0.4, 0.5) is 0 Å². The van der Waals surface area contributed by atoms with Crippen LogP contribution >= 0.6 is 24.8 Å². The van der Waals surface area contributed by atoms with Crippen molar-refractivity contribution in [3.8, 4) is 0 Å². The molecule has 0 aromatic heterocycles. The van der Waals surface area contributed by atoms with E-state index in [0.717, 1.165) is 25.8 Å². The third-order valence-electron chi connectivity index (χ3n) is 1.34. The van der Waals surface area contributed by atoms with Crippen molar-refractivity contribution >= 4 is 35.1 Å². The molecule has 0 fully saturated rings. The van der Waals surface area contributed by atoms with Crippen molar-refractivity contribution in [3.63, 3.8) is 0 Å². The highest BCUT2D eigenvalue weighted by molar-refractivity contribution is 8.11. The maximum Gasteiger partial charge on any atom is 0.303 e. The topological polar surface area (TPSA) is 49.3 Å². The lowest BCUT2D eigenvalue weighted by atomic mass is 10.2. The molecule has 3 nitrogen and oxygen atoms in total. The zero-order valence-corrected chi connectivity index (χ0v) is 8.46. The summed E-state index contributed by atoms with van der Waals surface area (Å²) < 4.78 is 0.494.